The fourth-order valence-electron chi connectivity index (χ4n) is 4.28. The summed E-state index contributed by atoms with van der Waals surface area (Å²) >= 11 is 0. The first-order valence-corrected chi connectivity index (χ1v) is 9.81. The van der Waals surface area contributed by atoms with Crippen molar-refractivity contribution in [3.63, 3.8) is 0 Å². The summed E-state index contributed by atoms with van der Waals surface area (Å²) < 4.78 is 11.3. The standard InChI is InChI=1S/C23H25NO4/c1-15-6-5-11-24(12-15)13-18-20(25)10-9-17-22(26)19(14-28-23(17)18)16-7-3-4-8-21(16)27-2/h3-4,7-10,14-15,25H,5-6,11-13H2,1-2H3/p+1/t15-/m1/s1. The van der Waals surface area contributed by atoms with Gasteiger partial charge in [0.25, 0.3) is 0 Å². The molecule has 28 heavy (non-hydrogen) atoms. The summed E-state index contributed by atoms with van der Waals surface area (Å²) in [4.78, 5) is 14.6. The average molecular weight is 380 g/mol. The van der Waals surface area contributed by atoms with Gasteiger partial charge in [-0.1, -0.05) is 25.1 Å². The van der Waals surface area contributed by atoms with Crippen LogP contribution in [-0.2, 0) is 6.54 Å². The summed E-state index contributed by atoms with van der Waals surface area (Å²) in [5.41, 5.74) is 2.24. The number of fused-ring (bicyclic) bond motifs is 1. The molecule has 0 bridgehead atoms. The minimum absolute atomic E-state index is 0.117. The molecule has 146 valence electrons. The summed E-state index contributed by atoms with van der Waals surface area (Å²) in [7, 11) is 1.58. The number of rotatable bonds is 4. The minimum Gasteiger partial charge on any atom is -0.507 e. The van der Waals surface area contributed by atoms with Crippen molar-refractivity contribution in [3.8, 4) is 22.6 Å². The molecule has 5 nitrogen and oxygen atoms in total. The van der Waals surface area contributed by atoms with Gasteiger partial charge in [-0.25, -0.2) is 0 Å². The Bertz CT molecular complexity index is 1060. The molecular formula is C23H26NO4+. The lowest BCUT2D eigenvalue weighted by atomic mass is 9.99. The number of hydrogen-bond acceptors (Lipinski definition) is 4. The fraction of sp³-hybridized carbons (Fsp3) is 0.348. The summed E-state index contributed by atoms with van der Waals surface area (Å²) in [6.45, 7) is 5.06. The number of ether oxygens (including phenoxy) is 1. The lowest BCUT2D eigenvalue weighted by Crippen LogP contribution is -3.12. The SMILES string of the molecule is COc1ccccc1-c1coc2c(C[NH+]3CCC[C@@H](C)C3)c(O)ccc2c1=O. The number of phenolic OH excluding ortho intramolecular Hbond substituents is 1. The van der Waals surface area contributed by atoms with E-state index in [4.69, 9.17) is 9.15 Å². The smallest absolute Gasteiger partial charge is 0.200 e. The lowest BCUT2D eigenvalue weighted by Gasteiger charge is -2.28. The third-order valence-electron chi connectivity index (χ3n) is 5.71. The molecule has 0 spiro atoms. The highest BCUT2D eigenvalue weighted by molar-refractivity contribution is 5.86. The molecule has 2 aromatic carbocycles. The van der Waals surface area contributed by atoms with E-state index in [0.29, 0.717) is 45.9 Å². The molecule has 1 saturated heterocycles. The van der Waals surface area contributed by atoms with Crippen LogP contribution in [0.4, 0.5) is 0 Å². The van der Waals surface area contributed by atoms with Gasteiger partial charge in [0.15, 0.2) is 0 Å². The van der Waals surface area contributed by atoms with Gasteiger partial charge in [0.2, 0.25) is 5.43 Å². The van der Waals surface area contributed by atoms with Crippen molar-refractivity contribution >= 4 is 11.0 Å². The number of phenols is 1. The van der Waals surface area contributed by atoms with Crippen molar-refractivity contribution in [1.29, 1.82) is 0 Å². The normalized spacial score (nSPS) is 19.6. The zero-order valence-electron chi connectivity index (χ0n) is 16.3. The van der Waals surface area contributed by atoms with Gasteiger partial charge in [-0.05, 0) is 31.0 Å². The highest BCUT2D eigenvalue weighted by Gasteiger charge is 2.24. The molecule has 3 aromatic rings. The van der Waals surface area contributed by atoms with Crippen LogP contribution < -0.4 is 15.1 Å². The van der Waals surface area contributed by atoms with E-state index in [9.17, 15) is 9.90 Å². The van der Waals surface area contributed by atoms with Crippen molar-refractivity contribution in [1.82, 2.24) is 0 Å². The maximum absolute atomic E-state index is 13.2. The molecule has 0 saturated carbocycles. The third-order valence-corrected chi connectivity index (χ3v) is 5.71. The number of para-hydroxylation sites is 1. The van der Waals surface area contributed by atoms with Crippen LogP contribution >= 0.6 is 0 Å². The first-order chi connectivity index (χ1) is 13.6. The quantitative estimate of drug-likeness (QED) is 0.730. The Hall–Kier alpha value is -2.79. The van der Waals surface area contributed by atoms with E-state index >= 15 is 0 Å². The van der Waals surface area contributed by atoms with E-state index in [-0.39, 0.29) is 11.2 Å². The fourth-order valence-corrected chi connectivity index (χ4v) is 4.28. The third kappa shape index (κ3) is 3.38. The first-order valence-electron chi connectivity index (χ1n) is 9.81. The lowest BCUT2D eigenvalue weighted by molar-refractivity contribution is -0.922. The van der Waals surface area contributed by atoms with Crippen LogP contribution in [0.5, 0.6) is 11.5 Å². The Morgan fingerprint density at radius 1 is 1.21 bits per heavy atom. The van der Waals surface area contributed by atoms with Crippen molar-refractivity contribution in [3.05, 3.63) is 58.4 Å². The van der Waals surface area contributed by atoms with Crippen LogP contribution in [0.3, 0.4) is 0 Å². The van der Waals surface area contributed by atoms with Gasteiger partial charge in [0.05, 0.1) is 36.7 Å². The van der Waals surface area contributed by atoms with Gasteiger partial charge in [-0.2, -0.15) is 0 Å². The van der Waals surface area contributed by atoms with Gasteiger partial charge in [0.1, 0.15) is 29.9 Å². The molecule has 4 rings (SSSR count). The number of benzene rings is 2. The van der Waals surface area contributed by atoms with Gasteiger partial charge in [0, 0.05) is 11.5 Å². The van der Waals surface area contributed by atoms with E-state index in [1.807, 2.05) is 24.3 Å². The van der Waals surface area contributed by atoms with Gasteiger partial charge < -0.3 is 19.2 Å². The van der Waals surface area contributed by atoms with Crippen molar-refractivity contribution in [2.45, 2.75) is 26.3 Å². The number of methoxy groups -OCH3 is 1. The summed E-state index contributed by atoms with van der Waals surface area (Å²) in [5.74, 6) is 1.48. The van der Waals surface area contributed by atoms with Gasteiger partial charge in [-0.15, -0.1) is 0 Å². The van der Waals surface area contributed by atoms with Crippen LogP contribution in [0.15, 0.2) is 51.9 Å². The number of aromatic hydroxyl groups is 1. The molecule has 1 aliphatic heterocycles. The molecule has 1 aliphatic rings. The first kappa shape index (κ1) is 18.6. The van der Waals surface area contributed by atoms with E-state index in [1.54, 1.807) is 19.2 Å². The summed E-state index contributed by atoms with van der Waals surface area (Å²) in [5, 5.41) is 11.0. The maximum Gasteiger partial charge on any atom is 0.200 e. The second-order valence-electron chi connectivity index (χ2n) is 7.75. The van der Waals surface area contributed by atoms with Crippen LogP contribution in [0.1, 0.15) is 25.3 Å². The minimum atomic E-state index is -0.117. The number of likely N-dealkylation sites (tertiary alicyclic amines) is 1. The molecule has 2 atom stereocenters. The van der Waals surface area contributed by atoms with Crippen LogP contribution in [0, 0.1) is 5.92 Å². The Morgan fingerprint density at radius 3 is 2.82 bits per heavy atom. The van der Waals surface area contributed by atoms with Gasteiger partial charge in [-0.3, -0.25) is 4.79 Å². The molecule has 1 aromatic heterocycles. The van der Waals surface area contributed by atoms with E-state index < -0.39 is 0 Å². The molecule has 1 unspecified atom stereocenters. The van der Waals surface area contributed by atoms with E-state index in [1.165, 1.54) is 24.0 Å². The second kappa shape index (κ2) is 7.68. The van der Waals surface area contributed by atoms with Crippen LogP contribution in [0.25, 0.3) is 22.1 Å². The number of nitrogens with one attached hydrogen (secondary N) is 1. The summed E-state index contributed by atoms with van der Waals surface area (Å²) in [6.07, 6.45) is 3.92. The molecule has 2 heterocycles. The zero-order chi connectivity index (χ0) is 19.7. The van der Waals surface area contributed by atoms with Crippen molar-refractivity contribution in [2.24, 2.45) is 5.92 Å². The zero-order valence-corrected chi connectivity index (χ0v) is 16.3. The molecule has 0 amide bonds. The predicted octanol–water partition coefficient (Wildman–Crippen LogP) is 2.99. The molecule has 0 radical (unpaired) electrons. The number of quaternary nitrogens is 1. The Labute approximate surface area is 164 Å². The van der Waals surface area contributed by atoms with E-state index in [0.717, 1.165) is 13.1 Å². The van der Waals surface area contributed by atoms with E-state index in [2.05, 4.69) is 6.92 Å². The number of piperidine rings is 1. The Morgan fingerprint density at radius 2 is 2.04 bits per heavy atom. The van der Waals surface area contributed by atoms with Crippen molar-refractivity contribution in [2.75, 3.05) is 20.2 Å². The predicted molar refractivity (Wildman–Crippen MR) is 109 cm³/mol. The van der Waals surface area contributed by atoms with Crippen molar-refractivity contribution < 1.29 is 19.2 Å². The summed E-state index contributed by atoms with van der Waals surface area (Å²) in [6, 6.07) is 10.6. The van der Waals surface area contributed by atoms with Gasteiger partial charge >= 0.3 is 0 Å². The Balaban J connectivity index is 1.80. The highest BCUT2D eigenvalue weighted by Crippen LogP contribution is 2.31. The molecule has 2 N–H and O–H groups in total. The topological polar surface area (TPSA) is 64.1 Å². The maximum atomic E-state index is 13.2. The molecule has 1 fully saturated rings. The number of hydrogen-bond donors (Lipinski definition) is 2. The second-order valence-corrected chi connectivity index (χ2v) is 7.75. The molecule has 5 heteroatoms. The largest absolute Gasteiger partial charge is 0.507 e. The van der Waals surface area contributed by atoms with Crippen LogP contribution in [0.2, 0.25) is 0 Å². The van der Waals surface area contributed by atoms with Crippen LogP contribution in [-0.4, -0.2) is 25.3 Å². The highest BCUT2D eigenvalue weighted by atomic mass is 16.5. The Kier molecular flexibility index (Phi) is 5.09. The molecule has 0 aliphatic carbocycles. The molecular weight excluding hydrogens is 354 g/mol. The average Bonchev–Trinajstić information content (AvgIpc) is 2.70. The monoisotopic (exact) mass is 380 g/mol.